The van der Waals surface area contributed by atoms with Gasteiger partial charge in [-0.2, -0.15) is 0 Å². The second kappa shape index (κ2) is 8.69. The highest BCUT2D eigenvalue weighted by Gasteiger charge is 2.22. The third kappa shape index (κ3) is 4.36. The summed E-state index contributed by atoms with van der Waals surface area (Å²) in [5.74, 6) is -0.693. The monoisotopic (exact) mass is 484 g/mol. The number of aromatic nitrogens is 4. The quantitative estimate of drug-likeness (QED) is 0.345. The number of carbonyl (C=O) groups excluding carboxylic acids is 1. The molecule has 0 saturated carbocycles. The van der Waals surface area contributed by atoms with E-state index in [-0.39, 0.29) is 23.9 Å². The van der Waals surface area contributed by atoms with E-state index in [1.807, 2.05) is 31.2 Å². The van der Waals surface area contributed by atoms with Gasteiger partial charge in [-0.1, -0.05) is 6.07 Å². The van der Waals surface area contributed by atoms with Crippen LogP contribution >= 0.6 is 0 Å². The molecule has 0 bridgehead atoms. The smallest absolute Gasteiger partial charge is 0.271 e. The van der Waals surface area contributed by atoms with Crippen molar-refractivity contribution in [3.8, 4) is 22.5 Å². The number of imidazole rings is 1. The summed E-state index contributed by atoms with van der Waals surface area (Å²) in [6, 6.07) is 13.8. The van der Waals surface area contributed by atoms with Crippen LogP contribution < -0.4 is 11.1 Å². The predicted octanol–water partition coefficient (Wildman–Crippen LogP) is 4.14. The number of nitrogen functional groups attached to an aromatic ring is 1. The largest absolute Gasteiger partial charge is 0.389 e. The summed E-state index contributed by atoms with van der Waals surface area (Å²) in [5.41, 5.74) is 10.2. The molecule has 0 radical (unpaired) electrons. The predicted molar refractivity (Wildman–Crippen MR) is 137 cm³/mol. The van der Waals surface area contributed by atoms with Crippen LogP contribution in [-0.4, -0.2) is 42.5 Å². The molecule has 1 amide bonds. The Morgan fingerprint density at radius 2 is 1.83 bits per heavy atom. The summed E-state index contributed by atoms with van der Waals surface area (Å²) < 4.78 is 15.4. The van der Waals surface area contributed by atoms with Gasteiger partial charge in [-0.15, -0.1) is 0 Å². The van der Waals surface area contributed by atoms with E-state index in [1.165, 1.54) is 12.1 Å². The van der Waals surface area contributed by atoms with Crippen molar-refractivity contribution in [2.45, 2.75) is 26.4 Å². The summed E-state index contributed by atoms with van der Waals surface area (Å²) in [6.07, 6.45) is 3.36. The van der Waals surface area contributed by atoms with Crippen LogP contribution in [0.3, 0.4) is 0 Å². The number of anilines is 1. The number of rotatable bonds is 5. The number of benzene rings is 2. The second-order valence-electron chi connectivity index (χ2n) is 9.38. The van der Waals surface area contributed by atoms with E-state index in [0.717, 1.165) is 22.0 Å². The zero-order chi connectivity index (χ0) is 25.6. The number of nitrogens with zero attached hydrogens (tertiary/aromatic N) is 4. The van der Waals surface area contributed by atoms with Crippen LogP contribution in [0, 0.1) is 12.7 Å². The Morgan fingerprint density at radius 1 is 1.11 bits per heavy atom. The Morgan fingerprint density at radius 3 is 2.56 bits per heavy atom. The fraction of sp³-hybridized carbons (Fsp3) is 0.185. The lowest BCUT2D eigenvalue weighted by Crippen LogP contribution is -2.38. The number of carbonyl (C=O) groups is 1. The summed E-state index contributed by atoms with van der Waals surface area (Å²) >= 11 is 0. The maximum absolute atomic E-state index is 13.7. The Balaban J connectivity index is 1.75. The lowest BCUT2D eigenvalue weighted by atomic mass is 10.0. The van der Waals surface area contributed by atoms with E-state index in [2.05, 4.69) is 20.3 Å². The van der Waals surface area contributed by atoms with Crippen LogP contribution in [0.5, 0.6) is 0 Å². The summed E-state index contributed by atoms with van der Waals surface area (Å²) in [5, 5.41) is 13.6. The Labute approximate surface area is 206 Å². The molecule has 3 aromatic heterocycles. The molecule has 0 atom stereocenters. The molecule has 0 aliphatic rings. The first-order valence-electron chi connectivity index (χ1n) is 11.4. The lowest BCUT2D eigenvalue weighted by Gasteiger charge is -2.16. The first-order chi connectivity index (χ1) is 17.1. The van der Waals surface area contributed by atoms with Gasteiger partial charge in [0.25, 0.3) is 5.91 Å². The third-order valence-electron chi connectivity index (χ3n) is 5.90. The number of aryl methyl sites for hydroxylation is 1. The molecular weight excluding hydrogens is 459 g/mol. The number of hydrogen-bond acceptors (Lipinski definition) is 6. The van der Waals surface area contributed by atoms with Gasteiger partial charge in [0.1, 0.15) is 11.5 Å². The molecule has 0 aliphatic carbocycles. The van der Waals surface area contributed by atoms with Crippen LogP contribution in [0.25, 0.3) is 39.1 Å². The second-order valence-corrected chi connectivity index (χ2v) is 9.38. The van der Waals surface area contributed by atoms with Gasteiger partial charge in [-0.3, -0.25) is 14.2 Å². The minimum absolute atomic E-state index is 0.0536. The SMILES string of the molecule is Cc1ccnc2ccc(-c3c(-c4ccc(F)cc4)nc(N)c4nc(C(=O)NCC(C)(C)O)cn34)cc12. The van der Waals surface area contributed by atoms with Gasteiger partial charge in [0.05, 0.1) is 22.5 Å². The molecule has 5 rings (SSSR count). The summed E-state index contributed by atoms with van der Waals surface area (Å²) in [7, 11) is 0. The molecule has 5 aromatic rings. The van der Waals surface area contributed by atoms with Crippen molar-refractivity contribution in [1.29, 1.82) is 0 Å². The number of nitrogens with one attached hydrogen (secondary N) is 1. The molecule has 0 unspecified atom stereocenters. The number of nitrogens with two attached hydrogens (primary N) is 1. The minimum atomic E-state index is -1.08. The van der Waals surface area contributed by atoms with Gasteiger partial charge in [0.15, 0.2) is 11.5 Å². The molecule has 4 N–H and O–H groups in total. The molecule has 0 fully saturated rings. The summed E-state index contributed by atoms with van der Waals surface area (Å²) in [6.45, 7) is 5.26. The van der Waals surface area contributed by atoms with Crippen LogP contribution in [-0.2, 0) is 0 Å². The van der Waals surface area contributed by atoms with Crippen molar-refractivity contribution >= 4 is 28.3 Å². The van der Waals surface area contributed by atoms with Crippen LogP contribution in [0.15, 0.2) is 60.9 Å². The zero-order valence-electron chi connectivity index (χ0n) is 20.1. The van der Waals surface area contributed by atoms with E-state index < -0.39 is 11.5 Å². The topological polar surface area (TPSA) is 118 Å². The average Bonchev–Trinajstić information content (AvgIpc) is 3.29. The minimum Gasteiger partial charge on any atom is -0.389 e. The maximum Gasteiger partial charge on any atom is 0.271 e. The number of hydrogen-bond donors (Lipinski definition) is 3. The van der Waals surface area contributed by atoms with Crippen molar-refractivity contribution in [2.24, 2.45) is 0 Å². The molecule has 8 nitrogen and oxygen atoms in total. The molecule has 2 aromatic carbocycles. The van der Waals surface area contributed by atoms with Gasteiger partial charge in [0, 0.05) is 35.5 Å². The highest BCUT2D eigenvalue weighted by molar-refractivity contribution is 5.95. The molecule has 0 spiro atoms. The number of amides is 1. The number of halogens is 1. The van der Waals surface area contributed by atoms with Gasteiger partial charge in [0.2, 0.25) is 0 Å². The fourth-order valence-electron chi connectivity index (χ4n) is 4.08. The number of pyridine rings is 1. The average molecular weight is 485 g/mol. The molecule has 3 heterocycles. The lowest BCUT2D eigenvalue weighted by molar-refractivity contribution is 0.0692. The molecule has 36 heavy (non-hydrogen) atoms. The summed E-state index contributed by atoms with van der Waals surface area (Å²) in [4.78, 5) is 26.3. The van der Waals surface area contributed by atoms with Gasteiger partial charge >= 0.3 is 0 Å². The standard InChI is InChI=1S/C27H25FN6O2/c1-15-10-11-30-20-9-6-17(12-19(15)20)23-22(16-4-7-18(28)8-5-16)33-24(29)25-32-21(13-34(23)25)26(35)31-14-27(2,3)36/h4-13,36H,14H2,1-3H3,(H2,29,33)(H,31,35). The first kappa shape index (κ1) is 23.4. The third-order valence-corrected chi connectivity index (χ3v) is 5.90. The number of fused-ring (bicyclic) bond motifs is 2. The van der Waals surface area contributed by atoms with Crippen LogP contribution in [0.4, 0.5) is 10.2 Å². The van der Waals surface area contributed by atoms with Crippen molar-refractivity contribution in [3.05, 3.63) is 78.0 Å². The molecule has 0 aliphatic heterocycles. The molecule has 182 valence electrons. The van der Waals surface area contributed by atoms with Crippen molar-refractivity contribution in [3.63, 3.8) is 0 Å². The molecule has 9 heteroatoms. The first-order valence-corrected chi connectivity index (χ1v) is 11.4. The zero-order valence-corrected chi connectivity index (χ0v) is 20.1. The van der Waals surface area contributed by atoms with Gasteiger partial charge < -0.3 is 16.2 Å². The Hall–Kier alpha value is -4.37. The molecule has 0 saturated heterocycles. The fourth-order valence-corrected chi connectivity index (χ4v) is 4.08. The van der Waals surface area contributed by atoms with Crippen LogP contribution in [0.1, 0.15) is 29.9 Å². The van der Waals surface area contributed by atoms with Gasteiger partial charge in [-0.05, 0) is 68.8 Å². The van der Waals surface area contributed by atoms with Crippen molar-refractivity contribution in [2.75, 3.05) is 12.3 Å². The van der Waals surface area contributed by atoms with E-state index in [4.69, 9.17) is 5.73 Å². The van der Waals surface area contributed by atoms with Gasteiger partial charge in [-0.25, -0.2) is 14.4 Å². The highest BCUT2D eigenvalue weighted by Crippen LogP contribution is 2.35. The van der Waals surface area contributed by atoms with Crippen molar-refractivity contribution in [1.82, 2.24) is 24.7 Å². The van der Waals surface area contributed by atoms with E-state index in [9.17, 15) is 14.3 Å². The van der Waals surface area contributed by atoms with E-state index in [0.29, 0.717) is 22.6 Å². The normalized spacial score (nSPS) is 11.8. The van der Waals surface area contributed by atoms with Crippen LogP contribution in [0.2, 0.25) is 0 Å². The van der Waals surface area contributed by atoms with E-state index in [1.54, 1.807) is 42.8 Å². The highest BCUT2D eigenvalue weighted by atomic mass is 19.1. The molecular formula is C27H25FN6O2. The Bertz CT molecular complexity index is 1620. The Kier molecular flexibility index (Phi) is 5.64. The number of aliphatic hydroxyl groups is 1. The van der Waals surface area contributed by atoms with E-state index >= 15 is 0 Å². The maximum atomic E-state index is 13.7. The van der Waals surface area contributed by atoms with Crippen molar-refractivity contribution < 1.29 is 14.3 Å².